The predicted molar refractivity (Wildman–Crippen MR) is 114 cm³/mol. The molecule has 0 saturated carbocycles. The summed E-state index contributed by atoms with van der Waals surface area (Å²) in [6, 6.07) is 8.18. The van der Waals surface area contributed by atoms with Crippen LogP contribution in [0.15, 0.2) is 55.0 Å². The number of anilines is 1. The summed E-state index contributed by atoms with van der Waals surface area (Å²) >= 11 is 6.01. The van der Waals surface area contributed by atoms with E-state index in [1.807, 2.05) is 0 Å². The Bertz CT molecular complexity index is 1370. The van der Waals surface area contributed by atoms with Crippen LogP contribution in [-0.2, 0) is 13.3 Å². The van der Waals surface area contributed by atoms with Crippen molar-refractivity contribution in [3.05, 3.63) is 93.0 Å². The summed E-state index contributed by atoms with van der Waals surface area (Å²) in [6.07, 6.45) is 2.77. The number of nitrogens with zero attached hydrogens (tertiary/aromatic N) is 6. The molecule has 2 aromatic carbocycles. The van der Waals surface area contributed by atoms with E-state index in [2.05, 4.69) is 20.5 Å². The number of halogens is 3. The molecule has 11 nitrogen and oxygen atoms in total. The number of hydrogen-bond donors (Lipinski definition) is 1. The lowest BCUT2D eigenvalue weighted by molar-refractivity contribution is -0.386. The Morgan fingerprint density at radius 3 is 2.65 bits per heavy atom. The van der Waals surface area contributed by atoms with Gasteiger partial charge in [0, 0.05) is 23.4 Å². The summed E-state index contributed by atoms with van der Waals surface area (Å²) in [5.74, 6) is -2.05. The highest BCUT2D eigenvalue weighted by Gasteiger charge is 2.17. The molecule has 0 saturated heterocycles. The van der Waals surface area contributed by atoms with Gasteiger partial charge in [0.1, 0.15) is 18.0 Å². The second-order valence-electron chi connectivity index (χ2n) is 6.84. The Kier molecular flexibility index (Phi) is 6.45. The zero-order valence-electron chi connectivity index (χ0n) is 17.1. The average Bonchev–Trinajstić information content (AvgIpc) is 3.43. The number of aromatic nitrogens is 5. The molecule has 0 atom stereocenters. The number of carbonyl (C=O) groups excluding carboxylic acids is 1. The largest absolute Gasteiger partial charge is 0.464 e. The second-order valence-corrected chi connectivity index (χ2v) is 7.25. The quantitative estimate of drug-likeness (QED) is 0.295. The Hall–Kier alpha value is -4.39. The first-order valence-electron chi connectivity index (χ1n) is 9.53. The lowest BCUT2D eigenvalue weighted by Gasteiger charge is -2.06. The molecule has 4 aromatic rings. The molecule has 2 aromatic heterocycles. The standard InChI is InChI=1S/C20H14ClF2N7O4/c21-15-7-13(22)2-1-12(15)9-29-10-24-20(27-29)25-19(31)16-5-6-28(26-16)11-34-18-8-14(23)3-4-17(18)30(32)33/h1-8,10H,9,11H2,(H,25,27,31). The van der Waals surface area contributed by atoms with Crippen LogP contribution in [0.4, 0.5) is 20.4 Å². The van der Waals surface area contributed by atoms with Crippen molar-refractivity contribution in [2.45, 2.75) is 13.3 Å². The zero-order valence-corrected chi connectivity index (χ0v) is 17.8. The first kappa shape index (κ1) is 22.8. The van der Waals surface area contributed by atoms with E-state index in [4.69, 9.17) is 16.3 Å². The molecule has 0 aliphatic rings. The average molecular weight is 490 g/mol. The van der Waals surface area contributed by atoms with Crippen LogP contribution in [0.25, 0.3) is 0 Å². The van der Waals surface area contributed by atoms with Crippen molar-refractivity contribution >= 4 is 29.1 Å². The van der Waals surface area contributed by atoms with E-state index < -0.39 is 28.2 Å². The van der Waals surface area contributed by atoms with Crippen molar-refractivity contribution < 1.29 is 23.2 Å². The molecule has 0 aliphatic heterocycles. The van der Waals surface area contributed by atoms with Crippen molar-refractivity contribution in [3.63, 3.8) is 0 Å². The van der Waals surface area contributed by atoms with Crippen LogP contribution in [0.5, 0.6) is 5.75 Å². The minimum atomic E-state index is -0.701. The summed E-state index contributed by atoms with van der Waals surface area (Å²) in [5, 5.41) is 21.9. The Morgan fingerprint density at radius 1 is 1.12 bits per heavy atom. The third-order valence-electron chi connectivity index (χ3n) is 4.45. The maximum atomic E-state index is 13.4. The normalized spacial score (nSPS) is 10.8. The SMILES string of the molecule is O=C(Nc1ncn(Cc2ccc(F)cc2Cl)n1)c1ccn(COc2cc(F)ccc2[N+](=O)[O-])n1. The lowest BCUT2D eigenvalue weighted by atomic mass is 10.2. The van der Waals surface area contributed by atoms with Crippen molar-refractivity contribution in [1.82, 2.24) is 24.5 Å². The van der Waals surface area contributed by atoms with E-state index >= 15 is 0 Å². The smallest absolute Gasteiger partial charge is 0.311 e. The fourth-order valence-electron chi connectivity index (χ4n) is 2.86. The first-order valence-corrected chi connectivity index (χ1v) is 9.91. The first-order chi connectivity index (χ1) is 16.3. The van der Waals surface area contributed by atoms with Gasteiger partial charge in [-0.3, -0.25) is 20.2 Å². The van der Waals surface area contributed by atoms with Gasteiger partial charge in [0.25, 0.3) is 5.91 Å². The van der Waals surface area contributed by atoms with Crippen LogP contribution in [0.1, 0.15) is 16.1 Å². The van der Waals surface area contributed by atoms with Crippen LogP contribution in [0.2, 0.25) is 5.02 Å². The number of carbonyl (C=O) groups is 1. The highest BCUT2D eigenvalue weighted by Crippen LogP contribution is 2.27. The molecule has 1 amide bonds. The van der Waals surface area contributed by atoms with Gasteiger partial charge in [0.05, 0.1) is 11.5 Å². The minimum absolute atomic E-state index is 0.00409. The Balaban J connectivity index is 1.37. The number of rotatable bonds is 8. The number of ether oxygens (including phenoxy) is 1. The number of benzene rings is 2. The Morgan fingerprint density at radius 2 is 1.88 bits per heavy atom. The second kappa shape index (κ2) is 9.62. The molecule has 0 fully saturated rings. The van der Waals surface area contributed by atoms with E-state index in [0.717, 1.165) is 18.2 Å². The van der Waals surface area contributed by atoms with Gasteiger partial charge >= 0.3 is 5.69 Å². The van der Waals surface area contributed by atoms with Gasteiger partial charge in [-0.1, -0.05) is 17.7 Å². The summed E-state index contributed by atoms with van der Waals surface area (Å²) in [4.78, 5) is 26.8. The summed E-state index contributed by atoms with van der Waals surface area (Å²) in [6.45, 7) is -0.0942. The molecular weight excluding hydrogens is 476 g/mol. The maximum Gasteiger partial charge on any atom is 0.311 e. The third-order valence-corrected chi connectivity index (χ3v) is 4.81. The summed E-state index contributed by atoms with van der Waals surface area (Å²) in [5.41, 5.74) is 0.202. The topological polar surface area (TPSA) is 130 Å². The molecule has 14 heteroatoms. The molecule has 0 bridgehead atoms. The van der Waals surface area contributed by atoms with Gasteiger partial charge in [-0.2, -0.15) is 5.10 Å². The molecule has 4 rings (SSSR count). The number of hydrogen-bond acceptors (Lipinski definition) is 7. The molecule has 2 heterocycles. The highest BCUT2D eigenvalue weighted by molar-refractivity contribution is 6.31. The van der Waals surface area contributed by atoms with E-state index in [1.54, 1.807) is 0 Å². The number of nitro benzene ring substituents is 1. The maximum absolute atomic E-state index is 13.4. The molecular formula is C20H14ClF2N7O4. The van der Waals surface area contributed by atoms with Crippen LogP contribution < -0.4 is 10.1 Å². The van der Waals surface area contributed by atoms with Crippen LogP contribution in [-0.4, -0.2) is 35.4 Å². The van der Waals surface area contributed by atoms with Gasteiger partial charge in [0.15, 0.2) is 12.4 Å². The van der Waals surface area contributed by atoms with Crippen molar-refractivity contribution in [3.8, 4) is 5.75 Å². The van der Waals surface area contributed by atoms with Gasteiger partial charge < -0.3 is 4.74 Å². The van der Waals surface area contributed by atoms with Crippen molar-refractivity contribution in [1.29, 1.82) is 0 Å². The predicted octanol–water partition coefficient (Wildman–Crippen LogP) is 3.65. The highest BCUT2D eigenvalue weighted by atomic mass is 35.5. The van der Waals surface area contributed by atoms with Crippen LogP contribution in [0, 0.1) is 21.7 Å². The number of nitrogens with one attached hydrogen (secondary N) is 1. The van der Waals surface area contributed by atoms with E-state index in [-0.39, 0.29) is 35.7 Å². The van der Waals surface area contributed by atoms with E-state index in [1.165, 1.54) is 46.2 Å². The molecule has 34 heavy (non-hydrogen) atoms. The van der Waals surface area contributed by atoms with Gasteiger partial charge in [0.2, 0.25) is 11.7 Å². The van der Waals surface area contributed by atoms with Crippen molar-refractivity contribution in [2.24, 2.45) is 0 Å². The van der Waals surface area contributed by atoms with E-state index in [0.29, 0.717) is 5.56 Å². The molecule has 0 spiro atoms. The van der Waals surface area contributed by atoms with E-state index in [9.17, 15) is 23.7 Å². The molecule has 174 valence electrons. The lowest BCUT2D eigenvalue weighted by Crippen LogP contribution is -2.15. The molecule has 1 N–H and O–H groups in total. The third kappa shape index (κ3) is 5.32. The zero-order chi connectivity index (χ0) is 24.2. The Labute approximate surface area is 194 Å². The monoisotopic (exact) mass is 489 g/mol. The van der Waals surface area contributed by atoms with Crippen LogP contribution >= 0.6 is 11.6 Å². The summed E-state index contributed by atoms with van der Waals surface area (Å²) < 4.78 is 34.5. The number of amides is 1. The van der Waals surface area contributed by atoms with Crippen LogP contribution in [0.3, 0.4) is 0 Å². The van der Waals surface area contributed by atoms with Gasteiger partial charge in [-0.05, 0) is 29.8 Å². The molecule has 0 aliphatic carbocycles. The fourth-order valence-corrected chi connectivity index (χ4v) is 3.09. The fraction of sp³-hybridized carbons (Fsp3) is 0.100. The van der Waals surface area contributed by atoms with Gasteiger partial charge in [-0.15, -0.1) is 5.10 Å². The van der Waals surface area contributed by atoms with Crippen molar-refractivity contribution in [2.75, 3.05) is 5.32 Å². The summed E-state index contributed by atoms with van der Waals surface area (Å²) in [7, 11) is 0. The molecule has 0 radical (unpaired) electrons. The van der Waals surface area contributed by atoms with Gasteiger partial charge in [-0.25, -0.2) is 23.1 Å². The molecule has 0 unspecified atom stereocenters. The minimum Gasteiger partial charge on any atom is -0.464 e. The number of nitro groups is 1.